The number of ether oxygens (including phenoxy) is 1. The maximum Gasteiger partial charge on any atom is 0.396 e. The van der Waals surface area contributed by atoms with Gasteiger partial charge in [0, 0.05) is 18.3 Å². The first kappa shape index (κ1) is 10.2. The Bertz CT molecular complexity index is 308. The molecule has 6 nitrogen and oxygen atoms in total. The zero-order valence-electron chi connectivity index (χ0n) is 7.74. The fourth-order valence-electron chi connectivity index (χ4n) is 0.825. The highest BCUT2D eigenvalue weighted by Crippen LogP contribution is 1.91. The van der Waals surface area contributed by atoms with Crippen LogP contribution in [0.5, 0.6) is 0 Å². The molecule has 1 amide bonds. The van der Waals surface area contributed by atoms with E-state index in [1.54, 1.807) is 19.3 Å². The molecule has 0 aliphatic rings. The van der Waals surface area contributed by atoms with Crippen molar-refractivity contribution in [2.24, 2.45) is 0 Å². The highest BCUT2D eigenvalue weighted by molar-refractivity contribution is 6.32. The highest BCUT2D eigenvalue weighted by atomic mass is 16.5. The summed E-state index contributed by atoms with van der Waals surface area (Å²) in [6, 6.07) is 0. The second kappa shape index (κ2) is 5.00. The smallest absolute Gasteiger partial charge is 0.396 e. The predicted octanol–water partition coefficient (Wildman–Crippen LogP) is -0.411. The topological polar surface area (TPSA) is 84.1 Å². The van der Waals surface area contributed by atoms with Gasteiger partial charge in [-0.3, -0.25) is 9.89 Å². The summed E-state index contributed by atoms with van der Waals surface area (Å²) in [5.74, 6) is -1.61. The first-order valence-electron chi connectivity index (χ1n) is 4.16. The molecule has 1 heterocycles. The number of hydrogen-bond donors (Lipinski definition) is 2. The number of rotatable bonds is 3. The van der Waals surface area contributed by atoms with Gasteiger partial charge in [-0.05, 0) is 6.92 Å². The minimum atomic E-state index is -0.865. The Hall–Kier alpha value is -1.85. The molecule has 0 bridgehead atoms. The van der Waals surface area contributed by atoms with Crippen LogP contribution in [0, 0.1) is 0 Å². The normalized spacial score (nSPS) is 9.50. The number of carbonyl (C=O) groups excluding carboxylic acids is 2. The summed E-state index contributed by atoms with van der Waals surface area (Å²) in [4.78, 5) is 21.9. The third-order valence-corrected chi connectivity index (χ3v) is 1.47. The monoisotopic (exact) mass is 197 g/mol. The molecule has 1 rings (SSSR count). The van der Waals surface area contributed by atoms with E-state index in [0.717, 1.165) is 5.56 Å². The van der Waals surface area contributed by atoms with Crippen LogP contribution in [0.2, 0.25) is 0 Å². The van der Waals surface area contributed by atoms with Crippen molar-refractivity contribution >= 4 is 11.9 Å². The summed E-state index contributed by atoms with van der Waals surface area (Å²) < 4.78 is 4.50. The number of hydrogen-bond acceptors (Lipinski definition) is 4. The number of aromatic nitrogens is 2. The molecular weight excluding hydrogens is 186 g/mol. The standard InChI is InChI=1S/C8H11N3O3/c1-2-14-8(13)7(12)9-3-6-4-10-11-5-6/h4-5H,2-3H2,1H3,(H,9,12)(H,10,11). The van der Waals surface area contributed by atoms with Gasteiger partial charge < -0.3 is 10.1 Å². The van der Waals surface area contributed by atoms with E-state index < -0.39 is 11.9 Å². The van der Waals surface area contributed by atoms with E-state index in [1.165, 1.54) is 0 Å². The van der Waals surface area contributed by atoms with Crippen molar-refractivity contribution in [3.63, 3.8) is 0 Å². The summed E-state index contributed by atoms with van der Waals surface area (Å²) >= 11 is 0. The molecule has 0 saturated carbocycles. The van der Waals surface area contributed by atoms with E-state index in [9.17, 15) is 9.59 Å². The second-order valence-electron chi connectivity index (χ2n) is 2.51. The maximum atomic E-state index is 11.0. The third-order valence-electron chi connectivity index (χ3n) is 1.47. The Kier molecular flexibility index (Phi) is 3.66. The molecule has 6 heteroatoms. The number of esters is 1. The van der Waals surface area contributed by atoms with Crippen molar-refractivity contribution in [2.45, 2.75) is 13.5 Å². The van der Waals surface area contributed by atoms with Crippen LogP contribution in [0.25, 0.3) is 0 Å². The molecule has 0 atom stereocenters. The zero-order chi connectivity index (χ0) is 10.4. The molecule has 0 aliphatic heterocycles. The van der Waals surface area contributed by atoms with Crippen molar-refractivity contribution in [1.29, 1.82) is 0 Å². The molecule has 0 spiro atoms. The molecule has 0 radical (unpaired) electrons. The summed E-state index contributed by atoms with van der Waals surface area (Å²) in [7, 11) is 0. The average molecular weight is 197 g/mol. The van der Waals surface area contributed by atoms with Crippen LogP contribution in [0.3, 0.4) is 0 Å². The molecule has 0 fully saturated rings. The van der Waals surface area contributed by atoms with E-state index in [4.69, 9.17) is 0 Å². The lowest BCUT2D eigenvalue weighted by atomic mass is 10.3. The Morgan fingerprint density at radius 1 is 1.64 bits per heavy atom. The van der Waals surface area contributed by atoms with Gasteiger partial charge in [-0.2, -0.15) is 5.10 Å². The first-order chi connectivity index (χ1) is 6.74. The van der Waals surface area contributed by atoms with Gasteiger partial charge in [-0.15, -0.1) is 0 Å². The number of carbonyl (C=O) groups is 2. The summed E-state index contributed by atoms with van der Waals surface area (Å²) in [6.45, 7) is 2.09. The summed E-state index contributed by atoms with van der Waals surface area (Å²) in [5, 5.41) is 8.68. The van der Waals surface area contributed by atoms with Crippen molar-refractivity contribution in [3.8, 4) is 0 Å². The van der Waals surface area contributed by atoms with Gasteiger partial charge in [0.2, 0.25) is 0 Å². The fraction of sp³-hybridized carbons (Fsp3) is 0.375. The number of amides is 1. The number of nitrogens with one attached hydrogen (secondary N) is 2. The molecule has 2 N–H and O–H groups in total. The van der Waals surface area contributed by atoms with E-state index in [0.29, 0.717) is 0 Å². The number of aromatic amines is 1. The van der Waals surface area contributed by atoms with Gasteiger partial charge in [0.1, 0.15) is 0 Å². The molecule has 1 aromatic rings. The van der Waals surface area contributed by atoms with Crippen LogP contribution >= 0.6 is 0 Å². The van der Waals surface area contributed by atoms with Gasteiger partial charge in [-0.1, -0.05) is 0 Å². The predicted molar refractivity (Wildman–Crippen MR) is 47.1 cm³/mol. The molecule has 1 aromatic heterocycles. The molecule has 0 saturated heterocycles. The minimum Gasteiger partial charge on any atom is -0.459 e. The Labute approximate surface area is 80.6 Å². The van der Waals surface area contributed by atoms with E-state index in [-0.39, 0.29) is 13.2 Å². The first-order valence-corrected chi connectivity index (χ1v) is 4.16. The highest BCUT2D eigenvalue weighted by Gasteiger charge is 2.13. The van der Waals surface area contributed by atoms with Gasteiger partial charge >= 0.3 is 11.9 Å². The van der Waals surface area contributed by atoms with E-state index in [2.05, 4.69) is 20.3 Å². The van der Waals surface area contributed by atoms with Crippen LogP contribution < -0.4 is 5.32 Å². The Morgan fingerprint density at radius 3 is 3.00 bits per heavy atom. The maximum absolute atomic E-state index is 11.0. The van der Waals surface area contributed by atoms with Crippen LogP contribution in [0.4, 0.5) is 0 Å². The average Bonchev–Trinajstić information content (AvgIpc) is 2.67. The SMILES string of the molecule is CCOC(=O)C(=O)NCc1cn[nH]c1. The van der Waals surface area contributed by atoms with Crippen LogP contribution in [-0.2, 0) is 20.9 Å². The third kappa shape index (κ3) is 2.89. The van der Waals surface area contributed by atoms with Crippen molar-refractivity contribution in [3.05, 3.63) is 18.0 Å². The summed E-state index contributed by atoms with van der Waals surface area (Å²) in [6.07, 6.45) is 3.19. The van der Waals surface area contributed by atoms with Crippen molar-refractivity contribution in [1.82, 2.24) is 15.5 Å². The minimum absolute atomic E-state index is 0.192. The fourth-order valence-corrected chi connectivity index (χ4v) is 0.825. The zero-order valence-corrected chi connectivity index (χ0v) is 7.74. The van der Waals surface area contributed by atoms with Gasteiger partial charge in [0.25, 0.3) is 0 Å². The molecular formula is C8H11N3O3. The van der Waals surface area contributed by atoms with E-state index >= 15 is 0 Å². The van der Waals surface area contributed by atoms with Crippen LogP contribution in [0.15, 0.2) is 12.4 Å². The summed E-state index contributed by atoms with van der Waals surface area (Å²) in [5.41, 5.74) is 0.794. The van der Waals surface area contributed by atoms with Crippen LogP contribution in [0.1, 0.15) is 12.5 Å². The lowest BCUT2D eigenvalue weighted by molar-refractivity contribution is -0.154. The second-order valence-corrected chi connectivity index (χ2v) is 2.51. The molecule has 76 valence electrons. The number of nitrogens with zero attached hydrogens (tertiary/aromatic N) is 1. The van der Waals surface area contributed by atoms with Gasteiger partial charge in [0.05, 0.1) is 12.8 Å². The van der Waals surface area contributed by atoms with Crippen molar-refractivity contribution < 1.29 is 14.3 Å². The van der Waals surface area contributed by atoms with Crippen molar-refractivity contribution in [2.75, 3.05) is 6.61 Å². The van der Waals surface area contributed by atoms with E-state index in [1.807, 2.05) is 0 Å². The molecule has 14 heavy (non-hydrogen) atoms. The number of H-pyrrole nitrogens is 1. The lowest BCUT2D eigenvalue weighted by Gasteiger charge is -2.02. The van der Waals surface area contributed by atoms with Gasteiger partial charge in [-0.25, -0.2) is 4.79 Å². The van der Waals surface area contributed by atoms with Gasteiger partial charge in [0.15, 0.2) is 0 Å². The Balaban J connectivity index is 2.31. The lowest BCUT2D eigenvalue weighted by Crippen LogP contribution is -2.31. The van der Waals surface area contributed by atoms with Crippen LogP contribution in [-0.4, -0.2) is 28.7 Å². The largest absolute Gasteiger partial charge is 0.459 e. The Morgan fingerprint density at radius 2 is 2.43 bits per heavy atom. The molecule has 0 aromatic carbocycles. The molecule has 0 unspecified atom stereocenters. The quantitative estimate of drug-likeness (QED) is 0.509. The molecule has 0 aliphatic carbocycles.